The Morgan fingerprint density at radius 3 is 2.74 bits per heavy atom. The maximum Gasteiger partial charge on any atom is 0.251 e. The van der Waals surface area contributed by atoms with E-state index in [1.807, 2.05) is 10.8 Å². The molecule has 1 N–H and O–H groups in total. The fourth-order valence-electron chi connectivity index (χ4n) is 2.94. The van der Waals surface area contributed by atoms with Gasteiger partial charge >= 0.3 is 0 Å². The number of aromatic nitrogens is 3. The maximum atomic E-state index is 13.4. The molecule has 1 saturated carbocycles. The quantitative estimate of drug-likeness (QED) is 0.941. The minimum atomic E-state index is -0.580. The number of nitrogens with one attached hydrogen (secondary N) is 1. The fourth-order valence-corrected chi connectivity index (χ4v) is 2.94. The van der Waals surface area contributed by atoms with E-state index >= 15 is 0 Å². The van der Waals surface area contributed by atoms with Crippen LogP contribution in [0.2, 0.25) is 0 Å². The largest absolute Gasteiger partial charge is 0.349 e. The second-order valence-corrected chi connectivity index (χ2v) is 5.69. The van der Waals surface area contributed by atoms with Gasteiger partial charge in [0.25, 0.3) is 5.91 Å². The van der Waals surface area contributed by atoms with Gasteiger partial charge in [-0.05, 0) is 43.9 Å². The number of benzene rings is 1. The Kier molecular flexibility index (Phi) is 4.33. The molecule has 118 valence electrons. The maximum absolute atomic E-state index is 13.4. The molecule has 1 aliphatic carbocycles. The minimum absolute atomic E-state index is 0.0519. The Morgan fingerprint density at radius 2 is 2.09 bits per heavy atom. The highest BCUT2D eigenvalue weighted by Gasteiger charge is 2.24. The van der Waals surface area contributed by atoms with E-state index in [-0.39, 0.29) is 23.1 Å². The molecule has 1 heterocycles. The van der Waals surface area contributed by atoms with E-state index in [1.54, 1.807) is 6.33 Å². The third-order valence-electron chi connectivity index (χ3n) is 4.13. The van der Waals surface area contributed by atoms with E-state index in [0.29, 0.717) is 6.04 Å². The summed E-state index contributed by atoms with van der Waals surface area (Å²) in [4.78, 5) is 16.2. The van der Waals surface area contributed by atoms with E-state index in [4.69, 9.17) is 5.26 Å². The highest BCUT2D eigenvalue weighted by molar-refractivity contribution is 5.94. The first kappa shape index (κ1) is 15.2. The molecule has 1 amide bonds. The Labute approximate surface area is 132 Å². The fraction of sp³-hybridized carbons (Fsp3) is 0.375. The molecule has 3 rings (SSSR count). The number of amides is 1. The minimum Gasteiger partial charge on any atom is -0.349 e. The molecule has 6 nitrogen and oxygen atoms in total. The van der Waals surface area contributed by atoms with E-state index in [9.17, 15) is 9.18 Å². The summed E-state index contributed by atoms with van der Waals surface area (Å²) in [5, 5.41) is 15.9. The van der Waals surface area contributed by atoms with Gasteiger partial charge in [0, 0.05) is 11.6 Å². The van der Waals surface area contributed by atoms with Crippen molar-refractivity contribution in [1.29, 1.82) is 5.26 Å². The van der Waals surface area contributed by atoms with E-state index in [2.05, 4.69) is 15.4 Å². The number of nitrogens with zero attached hydrogens (tertiary/aromatic N) is 4. The highest BCUT2D eigenvalue weighted by Crippen LogP contribution is 2.27. The summed E-state index contributed by atoms with van der Waals surface area (Å²) in [5.41, 5.74) is 0.324. The number of halogens is 1. The molecule has 0 spiro atoms. The normalized spacial score (nSPS) is 20.7. The molecule has 0 saturated heterocycles. The van der Waals surface area contributed by atoms with Gasteiger partial charge in [-0.3, -0.25) is 4.79 Å². The van der Waals surface area contributed by atoms with Crippen molar-refractivity contribution in [2.75, 3.05) is 0 Å². The van der Waals surface area contributed by atoms with Crippen LogP contribution in [-0.2, 0) is 0 Å². The van der Waals surface area contributed by atoms with E-state index in [1.165, 1.54) is 12.4 Å². The Hall–Kier alpha value is -2.75. The molecular formula is C16H16FN5O. The number of nitriles is 1. The van der Waals surface area contributed by atoms with Gasteiger partial charge in [-0.15, -0.1) is 0 Å². The molecule has 0 atom stereocenters. The topological polar surface area (TPSA) is 83.6 Å². The lowest BCUT2D eigenvalue weighted by Gasteiger charge is -2.29. The standard InChI is InChI=1S/C16H16FN5O/c17-13-6-11(8-18)5-12(7-13)16(23)21-14-1-3-15(4-2-14)22-10-19-9-20-22/h5-7,9-10,14-15H,1-4H2,(H,21,23). The molecule has 0 aliphatic heterocycles. The molecule has 0 bridgehead atoms. The average Bonchev–Trinajstić information content (AvgIpc) is 3.09. The molecule has 0 radical (unpaired) electrons. The van der Waals surface area contributed by atoms with Gasteiger partial charge in [-0.2, -0.15) is 10.4 Å². The second-order valence-electron chi connectivity index (χ2n) is 5.69. The van der Waals surface area contributed by atoms with Crippen molar-refractivity contribution in [3.63, 3.8) is 0 Å². The lowest BCUT2D eigenvalue weighted by molar-refractivity contribution is 0.0921. The van der Waals surface area contributed by atoms with Crippen LogP contribution in [0, 0.1) is 17.1 Å². The summed E-state index contributed by atoms with van der Waals surface area (Å²) in [7, 11) is 0. The molecule has 2 aromatic rings. The number of carbonyl (C=O) groups excluding carboxylic acids is 1. The predicted molar refractivity (Wildman–Crippen MR) is 79.9 cm³/mol. The number of carbonyl (C=O) groups is 1. The van der Waals surface area contributed by atoms with Gasteiger partial charge in [-0.25, -0.2) is 14.1 Å². The van der Waals surface area contributed by atoms with Crippen LogP contribution in [0.4, 0.5) is 4.39 Å². The lowest BCUT2D eigenvalue weighted by Crippen LogP contribution is -2.38. The monoisotopic (exact) mass is 313 g/mol. The lowest BCUT2D eigenvalue weighted by atomic mass is 9.91. The summed E-state index contributed by atoms with van der Waals surface area (Å²) in [5.74, 6) is -0.922. The Bertz CT molecular complexity index is 729. The molecule has 1 aromatic carbocycles. The molecule has 1 fully saturated rings. The van der Waals surface area contributed by atoms with Gasteiger partial charge in [0.2, 0.25) is 0 Å². The van der Waals surface area contributed by atoms with Crippen LogP contribution >= 0.6 is 0 Å². The van der Waals surface area contributed by atoms with Crippen molar-refractivity contribution in [1.82, 2.24) is 20.1 Å². The van der Waals surface area contributed by atoms with Crippen LogP contribution in [0.3, 0.4) is 0 Å². The molecule has 7 heteroatoms. The van der Waals surface area contributed by atoms with Crippen LogP contribution < -0.4 is 5.32 Å². The van der Waals surface area contributed by atoms with Gasteiger partial charge in [0.15, 0.2) is 0 Å². The molecule has 23 heavy (non-hydrogen) atoms. The zero-order chi connectivity index (χ0) is 16.2. The van der Waals surface area contributed by atoms with Gasteiger partial charge in [-0.1, -0.05) is 0 Å². The molecule has 0 unspecified atom stereocenters. The van der Waals surface area contributed by atoms with Gasteiger partial charge in [0.1, 0.15) is 18.5 Å². The van der Waals surface area contributed by atoms with Crippen LogP contribution in [0.25, 0.3) is 0 Å². The molecule has 1 aromatic heterocycles. The summed E-state index contributed by atoms with van der Waals surface area (Å²) < 4.78 is 15.3. The average molecular weight is 313 g/mol. The predicted octanol–water partition coefficient (Wildman–Crippen LogP) is 2.20. The summed E-state index contributed by atoms with van der Waals surface area (Å²) in [6, 6.07) is 5.88. The zero-order valence-electron chi connectivity index (χ0n) is 12.4. The summed E-state index contributed by atoms with van der Waals surface area (Å²) >= 11 is 0. The SMILES string of the molecule is N#Cc1cc(F)cc(C(=O)NC2CCC(n3cncn3)CC2)c1. The van der Waals surface area contributed by atoms with Gasteiger partial charge in [0.05, 0.1) is 17.7 Å². The van der Waals surface area contributed by atoms with Crippen molar-refractivity contribution < 1.29 is 9.18 Å². The first-order valence-corrected chi connectivity index (χ1v) is 7.51. The second kappa shape index (κ2) is 6.57. The molecular weight excluding hydrogens is 297 g/mol. The number of hydrogen-bond donors (Lipinski definition) is 1. The van der Waals surface area contributed by atoms with Crippen LogP contribution in [0.15, 0.2) is 30.9 Å². The summed E-state index contributed by atoms with van der Waals surface area (Å²) in [6.45, 7) is 0. The van der Waals surface area contributed by atoms with Crippen molar-refractivity contribution in [3.05, 3.63) is 47.8 Å². The van der Waals surface area contributed by atoms with Crippen LogP contribution in [0.5, 0.6) is 0 Å². The van der Waals surface area contributed by atoms with Crippen LogP contribution in [-0.4, -0.2) is 26.7 Å². The van der Waals surface area contributed by atoms with Crippen molar-refractivity contribution in [2.24, 2.45) is 0 Å². The molecule has 1 aliphatic rings. The van der Waals surface area contributed by atoms with Crippen molar-refractivity contribution in [3.8, 4) is 6.07 Å². The smallest absolute Gasteiger partial charge is 0.251 e. The van der Waals surface area contributed by atoms with Crippen molar-refractivity contribution in [2.45, 2.75) is 37.8 Å². The van der Waals surface area contributed by atoms with E-state index in [0.717, 1.165) is 37.8 Å². The summed E-state index contributed by atoms with van der Waals surface area (Å²) in [6.07, 6.45) is 6.69. The highest BCUT2D eigenvalue weighted by atomic mass is 19.1. The Balaban J connectivity index is 1.59. The van der Waals surface area contributed by atoms with Crippen LogP contribution in [0.1, 0.15) is 47.6 Å². The van der Waals surface area contributed by atoms with Gasteiger partial charge < -0.3 is 5.32 Å². The third-order valence-corrected chi connectivity index (χ3v) is 4.13. The zero-order valence-corrected chi connectivity index (χ0v) is 12.4. The number of hydrogen-bond acceptors (Lipinski definition) is 4. The first-order valence-electron chi connectivity index (χ1n) is 7.51. The number of rotatable bonds is 3. The van der Waals surface area contributed by atoms with Crippen molar-refractivity contribution >= 4 is 5.91 Å². The Morgan fingerprint density at radius 1 is 1.30 bits per heavy atom. The first-order chi connectivity index (χ1) is 11.2. The third kappa shape index (κ3) is 3.54. The van der Waals surface area contributed by atoms with E-state index < -0.39 is 5.82 Å².